The normalized spacial score (nSPS) is 14.6. The average molecular weight is 559 g/mol. The molecule has 0 atom stereocenters. The Bertz CT molecular complexity index is 1490. The SMILES string of the molecule is COc1ccc(/C=C2\SC(=O)N(CC(=O)Nc3ccccc3)C2=O)cc1OS(=O)(=O)c1ccc(Cl)cc1. The van der Waals surface area contributed by atoms with Crippen molar-refractivity contribution in [3.8, 4) is 11.5 Å². The highest BCUT2D eigenvalue weighted by Crippen LogP contribution is 2.35. The molecule has 0 aromatic heterocycles. The largest absolute Gasteiger partial charge is 0.493 e. The van der Waals surface area contributed by atoms with E-state index in [4.69, 9.17) is 20.5 Å². The van der Waals surface area contributed by atoms with Gasteiger partial charge >= 0.3 is 10.1 Å². The summed E-state index contributed by atoms with van der Waals surface area (Å²) in [6, 6.07) is 18.5. The fourth-order valence-electron chi connectivity index (χ4n) is 3.27. The Morgan fingerprint density at radius 2 is 1.73 bits per heavy atom. The molecule has 0 aliphatic carbocycles. The Labute approximate surface area is 222 Å². The van der Waals surface area contributed by atoms with Crippen molar-refractivity contribution in [1.82, 2.24) is 4.90 Å². The molecule has 190 valence electrons. The average Bonchev–Trinajstić information content (AvgIpc) is 3.12. The van der Waals surface area contributed by atoms with Gasteiger partial charge in [-0.15, -0.1) is 0 Å². The summed E-state index contributed by atoms with van der Waals surface area (Å²) >= 11 is 6.49. The third-order valence-corrected chi connectivity index (χ3v) is 7.43. The van der Waals surface area contributed by atoms with E-state index in [9.17, 15) is 22.8 Å². The van der Waals surface area contributed by atoms with Crippen LogP contribution in [0.15, 0.2) is 82.6 Å². The summed E-state index contributed by atoms with van der Waals surface area (Å²) < 4.78 is 35.9. The van der Waals surface area contributed by atoms with E-state index in [-0.39, 0.29) is 21.3 Å². The maximum absolute atomic E-state index is 12.8. The van der Waals surface area contributed by atoms with Crippen molar-refractivity contribution >= 4 is 62.3 Å². The zero-order valence-electron chi connectivity index (χ0n) is 19.2. The number of benzene rings is 3. The van der Waals surface area contributed by atoms with Gasteiger partial charge in [0.05, 0.1) is 12.0 Å². The number of nitrogens with zero attached hydrogens (tertiary/aromatic N) is 1. The smallest absolute Gasteiger partial charge is 0.339 e. The van der Waals surface area contributed by atoms with Crippen LogP contribution in [-0.4, -0.2) is 44.0 Å². The van der Waals surface area contributed by atoms with E-state index in [0.717, 1.165) is 4.90 Å². The number of thioether (sulfide) groups is 1. The number of carbonyl (C=O) groups is 3. The second-order valence-electron chi connectivity index (χ2n) is 7.58. The Kier molecular flexibility index (Phi) is 7.86. The molecule has 9 nitrogen and oxygen atoms in total. The van der Waals surface area contributed by atoms with Crippen LogP contribution in [0.25, 0.3) is 6.08 Å². The van der Waals surface area contributed by atoms with Crippen molar-refractivity contribution in [2.45, 2.75) is 4.90 Å². The Morgan fingerprint density at radius 3 is 2.41 bits per heavy atom. The molecule has 0 radical (unpaired) electrons. The summed E-state index contributed by atoms with van der Waals surface area (Å²) in [4.78, 5) is 38.4. The van der Waals surface area contributed by atoms with Crippen LogP contribution in [0.5, 0.6) is 11.5 Å². The van der Waals surface area contributed by atoms with Crippen molar-refractivity contribution in [2.24, 2.45) is 0 Å². The number of amides is 3. The number of halogens is 1. The van der Waals surface area contributed by atoms with Crippen LogP contribution in [0.1, 0.15) is 5.56 Å². The summed E-state index contributed by atoms with van der Waals surface area (Å²) in [6.45, 7) is -0.451. The van der Waals surface area contributed by atoms with Crippen molar-refractivity contribution in [3.63, 3.8) is 0 Å². The summed E-state index contributed by atoms with van der Waals surface area (Å²) in [5, 5.41) is 2.39. The van der Waals surface area contributed by atoms with Crippen LogP contribution in [-0.2, 0) is 19.7 Å². The van der Waals surface area contributed by atoms with Crippen LogP contribution in [0.3, 0.4) is 0 Å². The second-order valence-corrected chi connectivity index (χ2v) is 10.6. The van der Waals surface area contributed by atoms with E-state index in [1.54, 1.807) is 36.4 Å². The van der Waals surface area contributed by atoms with Gasteiger partial charge in [-0.25, -0.2) is 0 Å². The minimum atomic E-state index is -4.21. The molecule has 3 amide bonds. The van der Waals surface area contributed by atoms with Gasteiger partial charge in [-0.05, 0) is 71.9 Å². The molecule has 3 aromatic rings. The predicted octanol–water partition coefficient (Wildman–Crippen LogP) is 4.79. The van der Waals surface area contributed by atoms with Gasteiger partial charge < -0.3 is 14.2 Å². The lowest BCUT2D eigenvalue weighted by molar-refractivity contribution is -0.127. The lowest BCUT2D eigenvalue weighted by Crippen LogP contribution is -2.36. The molecule has 0 unspecified atom stereocenters. The topological polar surface area (TPSA) is 119 Å². The molecular weight excluding hydrogens is 540 g/mol. The third-order valence-electron chi connectivity index (χ3n) is 5.02. The number of imide groups is 1. The molecule has 37 heavy (non-hydrogen) atoms. The second kappa shape index (κ2) is 11.1. The highest BCUT2D eigenvalue weighted by atomic mass is 35.5. The molecule has 0 saturated carbocycles. The fourth-order valence-corrected chi connectivity index (χ4v) is 5.17. The number of hydrogen-bond acceptors (Lipinski definition) is 8. The maximum atomic E-state index is 12.8. The van der Waals surface area contributed by atoms with Crippen molar-refractivity contribution < 1.29 is 31.7 Å². The first-order valence-corrected chi connectivity index (χ1v) is 13.2. The first-order valence-electron chi connectivity index (χ1n) is 10.6. The molecular formula is C25H19ClN2O7S2. The summed E-state index contributed by atoms with van der Waals surface area (Å²) in [7, 11) is -2.86. The monoisotopic (exact) mass is 558 g/mol. The zero-order valence-corrected chi connectivity index (χ0v) is 21.6. The van der Waals surface area contributed by atoms with E-state index >= 15 is 0 Å². The van der Waals surface area contributed by atoms with Crippen LogP contribution in [0.4, 0.5) is 10.5 Å². The molecule has 1 saturated heterocycles. The van der Waals surface area contributed by atoms with Gasteiger partial charge in [-0.2, -0.15) is 8.42 Å². The number of para-hydroxylation sites is 1. The molecule has 1 aliphatic heterocycles. The first kappa shape index (κ1) is 26.3. The number of anilines is 1. The van der Waals surface area contributed by atoms with E-state index in [1.807, 2.05) is 0 Å². The summed E-state index contributed by atoms with van der Waals surface area (Å²) in [5.74, 6) is -1.15. The highest BCUT2D eigenvalue weighted by Gasteiger charge is 2.36. The number of carbonyl (C=O) groups excluding carboxylic acids is 3. The number of nitrogens with one attached hydrogen (secondary N) is 1. The van der Waals surface area contributed by atoms with Gasteiger partial charge in [0, 0.05) is 10.7 Å². The lowest BCUT2D eigenvalue weighted by Gasteiger charge is -2.12. The maximum Gasteiger partial charge on any atom is 0.339 e. The molecule has 0 bridgehead atoms. The first-order chi connectivity index (χ1) is 17.7. The van der Waals surface area contributed by atoms with Crippen molar-refractivity contribution in [3.05, 3.63) is 88.3 Å². The van der Waals surface area contributed by atoms with Gasteiger partial charge in [0.15, 0.2) is 11.5 Å². The molecule has 4 rings (SSSR count). The minimum Gasteiger partial charge on any atom is -0.493 e. The lowest BCUT2D eigenvalue weighted by atomic mass is 10.2. The zero-order chi connectivity index (χ0) is 26.6. The van der Waals surface area contributed by atoms with Crippen LogP contribution >= 0.6 is 23.4 Å². The number of rotatable bonds is 8. The molecule has 1 aliphatic rings. The molecule has 1 fully saturated rings. The summed E-state index contributed by atoms with van der Waals surface area (Å²) in [5.41, 5.74) is 0.913. The number of methoxy groups -OCH3 is 1. The molecule has 1 heterocycles. The van der Waals surface area contributed by atoms with E-state index in [1.165, 1.54) is 49.6 Å². The van der Waals surface area contributed by atoms with Gasteiger partial charge in [-0.1, -0.05) is 35.9 Å². The van der Waals surface area contributed by atoms with Gasteiger partial charge in [0.25, 0.3) is 11.1 Å². The summed E-state index contributed by atoms with van der Waals surface area (Å²) in [6.07, 6.45) is 1.40. The molecule has 1 N–H and O–H groups in total. The van der Waals surface area contributed by atoms with Crippen LogP contribution < -0.4 is 14.2 Å². The van der Waals surface area contributed by atoms with Crippen LogP contribution in [0.2, 0.25) is 5.02 Å². The van der Waals surface area contributed by atoms with Gasteiger partial charge in [0.1, 0.15) is 11.4 Å². The van der Waals surface area contributed by atoms with Gasteiger partial charge in [0.2, 0.25) is 5.91 Å². The van der Waals surface area contributed by atoms with Crippen LogP contribution in [0, 0.1) is 0 Å². The molecule has 0 spiro atoms. The highest BCUT2D eigenvalue weighted by molar-refractivity contribution is 8.18. The Hall–Kier alpha value is -3.80. The molecule has 3 aromatic carbocycles. The fraction of sp³-hybridized carbons (Fsp3) is 0.0800. The molecule has 12 heteroatoms. The van der Waals surface area contributed by atoms with Crippen molar-refractivity contribution in [1.29, 1.82) is 0 Å². The quantitative estimate of drug-likeness (QED) is 0.309. The van der Waals surface area contributed by atoms with Gasteiger partial charge in [-0.3, -0.25) is 19.3 Å². The predicted molar refractivity (Wildman–Crippen MR) is 140 cm³/mol. The number of ether oxygens (including phenoxy) is 1. The van der Waals surface area contributed by atoms with E-state index < -0.39 is 33.7 Å². The van der Waals surface area contributed by atoms with Crippen molar-refractivity contribution in [2.75, 3.05) is 19.0 Å². The standard InChI is InChI=1S/C25H19ClN2O7S2/c1-34-20-12-7-16(13-21(20)35-37(32,33)19-10-8-17(26)9-11-19)14-22-24(30)28(25(31)36-22)15-23(29)27-18-5-3-2-4-6-18/h2-14H,15H2,1H3,(H,27,29)/b22-14-. The van der Waals surface area contributed by atoms with E-state index in [0.29, 0.717) is 28.0 Å². The Balaban J connectivity index is 1.53. The number of hydrogen-bond donors (Lipinski definition) is 1. The Morgan fingerprint density at radius 1 is 1.03 bits per heavy atom. The third kappa shape index (κ3) is 6.31. The van der Waals surface area contributed by atoms with E-state index in [2.05, 4.69) is 5.32 Å². The minimum absolute atomic E-state index is 0.0641.